The molecule has 3 heterocycles. The molecule has 11 heteroatoms. The predicted molar refractivity (Wildman–Crippen MR) is 122 cm³/mol. The molecular weight excluding hydrogens is 432 g/mol. The molecule has 4 rings (SSSR count). The first-order chi connectivity index (χ1) is 15.4. The van der Waals surface area contributed by atoms with E-state index in [1.165, 1.54) is 24.6 Å². The number of methoxy groups -OCH3 is 2. The lowest BCUT2D eigenvalue weighted by atomic mass is 10.3. The molecule has 2 aliphatic heterocycles. The molecule has 174 valence electrons. The predicted octanol–water partition coefficient (Wildman–Crippen LogP) is 0.757. The molecule has 0 saturated carbocycles. The van der Waals surface area contributed by atoms with Gasteiger partial charge < -0.3 is 24.2 Å². The van der Waals surface area contributed by atoms with Crippen molar-refractivity contribution in [1.82, 2.24) is 19.2 Å². The Hall–Kier alpha value is -2.63. The lowest BCUT2D eigenvalue weighted by Gasteiger charge is -2.36. The van der Waals surface area contributed by atoms with E-state index in [2.05, 4.69) is 31.7 Å². The van der Waals surface area contributed by atoms with Crippen LogP contribution in [-0.2, 0) is 10.0 Å². The van der Waals surface area contributed by atoms with Crippen molar-refractivity contribution in [3.8, 4) is 11.5 Å². The highest BCUT2D eigenvalue weighted by molar-refractivity contribution is 7.89. The summed E-state index contributed by atoms with van der Waals surface area (Å²) in [7, 11) is 1.43. The van der Waals surface area contributed by atoms with Gasteiger partial charge in [0.05, 0.1) is 14.2 Å². The molecular formula is C21H30N6O4S. The van der Waals surface area contributed by atoms with Crippen molar-refractivity contribution >= 4 is 21.7 Å². The molecule has 0 N–H and O–H groups in total. The third-order valence-electron chi connectivity index (χ3n) is 6.02. The Morgan fingerprint density at radius 2 is 1.41 bits per heavy atom. The van der Waals surface area contributed by atoms with Crippen LogP contribution in [0.25, 0.3) is 0 Å². The van der Waals surface area contributed by atoms with E-state index in [0.717, 1.165) is 37.8 Å². The second-order valence-electron chi connectivity index (χ2n) is 7.93. The smallest absolute Gasteiger partial charge is 0.246 e. The lowest BCUT2D eigenvalue weighted by molar-refractivity contribution is 0.312. The molecule has 0 bridgehead atoms. The van der Waals surface area contributed by atoms with Gasteiger partial charge in [0.2, 0.25) is 10.0 Å². The first-order valence-corrected chi connectivity index (χ1v) is 12.1. The Kier molecular flexibility index (Phi) is 6.68. The van der Waals surface area contributed by atoms with Crippen molar-refractivity contribution < 1.29 is 17.9 Å². The van der Waals surface area contributed by atoms with Gasteiger partial charge in [0.1, 0.15) is 34.4 Å². The topological polar surface area (TPSA) is 91.3 Å². The number of sulfonamides is 1. The molecule has 2 aromatic rings. The summed E-state index contributed by atoms with van der Waals surface area (Å²) in [5, 5.41) is 0. The van der Waals surface area contributed by atoms with Crippen molar-refractivity contribution in [2.24, 2.45) is 0 Å². The van der Waals surface area contributed by atoms with Crippen LogP contribution >= 0.6 is 0 Å². The summed E-state index contributed by atoms with van der Waals surface area (Å²) < 4.78 is 38.5. The number of piperazine rings is 2. The van der Waals surface area contributed by atoms with E-state index < -0.39 is 10.0 Å². The zero-order valence-electron chi connectivity index (χ0n) is 18.8. The highest BCUT2D eigenvalue weighted by Gasteiger charge is 2.31. The second kappa shape index (κ2) is 9.47. The zero-order chi connectivity index (χ0) is 22.7. The van der Waals surface area contributed by atoms with Crippen LogP contribution in [0, 0.1) is 0 Å². The Bertz CT molecular complexity index is 1030. The number of rotatable bonds is 6. The minimum Gasteiger partial charge on any atom is -0.497 e. The van der Waals surface area contributed by atoms with Crippen molar-refractivity contribution in [2.45, 2.75) is 4.90 Å². The number of hydrogen-bond acceptors (Lipinski definition) is 9. The number of anilines is 2. The van der Waals surface area contributed by atoms with Crippen LogP contribution < -0.4 is 19.3 Å². The molecule has 0 atom stereocenters. The van der Waals surface area contributed by atoms with Gasteiger partial charge in [-0.25, -0.2) is 18.4 Å². The Morgan fingerprint density at radius 1 is 0.812 bits per heavy atom. The summed E-state index contributed by atoms with van der Waals surface area (Å²) >= 11 is 0. The van der Waals surface area contributed by atoms with Crippen molar-refractivity contribution in [3.05, 3.63) is 30.6 Å². The van der Waals surface area contributed by atoms with Crippen molar-refractivity contribution in [1.29, 1.82) is 0 Å². The summed E-state index contributed by atoms with van der Waals surface area (Å²) in [6.07, 6.45) is 1.59. The molecule has 2 fully saturated rings. The summed E-state index contributed by atoms with van der Waals surface area (Å²) in [5.41, 5.74) is 0. The van der Waals surface area contributed by atoms with Gasteiger partial charge in [-0.1, -0.05) is 0 Å². The van der Waals surface area contributed by atoms with Crippen LogP contribution in [-0.4, -0.2) is 101 Å². The first-order valence-electron chi connectivity index (χ1n) is 10.6. The Balaban J connectivity index is 1.45. The van der Waals surface area contributed by atoms with Crippen LogP contribution in [0.4, 0.5) is 11.6 Å². The van der Waals surface area contributed by atoms with Gasteiger partial charge in [0.15, 0.2) is 0 Å². The standard InChI is InChI=1S/C21H30N6O4S/c1-24-6-8-25(9-7-24)20-15-21(23-16-22-20)26-10-12-27(13-11-26)32(28,29)19-5-4-17(30-2)14-18(19)31-3/h4-5,14-16H,6-13H2,1-3H3. The van der Waals surface area contributed by atoms with Gasteiger partial charge in [0, 0.05) is 64.5 Å². The fourth-order valence-electron chi connectivity index (χ4n) is 4.00. The number of hydrogen-bond donors (Lipinski definition) is 0. The van der Waals surface area contributed by atoms with E-state index in [0.29, 0.717) is 31.9 Å². The van der Waals surface area contributed by atoms with E-state index >= 15 is 0 Å². The van der Waals surface area contributed by atoms with Gasteiger partial charge >= 0.3 is 0 Å². The third-order valence-corrected chi connectivity index (χ3v) is 7.95. The third kappa shape index (κ3) is 4.59. The largest absolute Gasteiger partial charge is 0.497 e. The number of ether oxygens (including phenoxy) is 2. The summed E-state index contributed by atoms with van der Waals surface area (Å²) in [5.74, 6) is 2.57. The van der Waals surface area contributed by atoms with E-state index in [9.17, 15) is 8.42 Å². The average Bonchev–Trinajstić information content (AvgIpc) is 2.84. The number of nitrogens with zero attached hydrogens (tertiary/aromatic N) is 6. The minimum absolute atomic E-state index is 0.147. The molecule has 0 spiro atoms. The number of likely N-dealkylation sites (N-methyl/N-ethyl adjacent to an activating group) is 1. The first kappa shape index (κ1) is 22.6. The fourth-order valence-corrected chi connectivity index (χ4v) is 5.56. The van der Waals surface area contributed by atoms with E-state index in [1.807, 2.05) is 6.07 Å². The van der Waals surface area contributed by atoms with Crippen LogP contribution in [0.2, 0.25) is 0 Å². The molecule has 2 saturated heterocycles. The van der Waals surface area contributed by atoms with Gasteiger partial charge in [-0.05, 0) is 19.2 Å². The molecule has 10 nitrogen and oxygen atoms in total. The lowest BCUT2D eigenvalue weighted by Crippen LogP contribution is -2.49. The Labute approximate surface area is 189 Å². The van der Waals surface area contributed by atoms with Crippen molar-refractivity contribution in [2.75, 3.05) is 83.4 Å². The number of benzene rings is 1. The van der Waals surface area contributed by atoms with E-state index in [4.69, 9.17) is 9.47 Å². The molecule has 32 heavy (non-hydrogen) atoms. The van der Waals surface area contributed by atoms with Gasteiger partial charge in [0.25, 0.3) is 0 Å². The zero-order valence-corrected chi connectivity index (χ0v) is 19.6. The SMILES string of the molecule is COc1ccc(S(=O)(=O)N2CCN(c3cc(N4CCN(C)CC4)ncn3)CC2)c(OC)c1. The van der Waals surface area contributed by atoms with E-state index in [-0.39, 0.29) is 10.6 Å². The monoisotopic (exact) mass is 462 g/mol. The van der Waals surface area contributed by atoms with Gasteiger partial charge in [-0.3, -0.25) is 0 Å². The quantitative estimate of drug-likeness (QED) is 0.617. The number of aromatic nitrogens is 2. The highest BCUT2D eigenvalue weighted by atomic mass is 32.2. The van der Waals surface area contributed by atoms with Crippen LogP contribution in [0.5, 0.6) is 11.5 Å². The second-order valence-corrected chi connectivity index (χ2v) is 9.84. The fraction of sp³-hybridized carbons (Fsp3) is 0.524. The van der Waals surface area contributed by atoms with Crippen molar-refractivity contribution in [3.63, 3.8) is 0 Å². The van der Waals surface area contributed by atoms with Gasteiger partial charge in [-0.2, -0.15) is 4.31 Å². The van der Waals surface area contributed by atoms with Gasteiger partial charge in [-0.15, -0.1) is 0 Å². The maximum absolute atomic E-state index is 13.2. The maximum Gasteiger partial charge on any atom is 0.246 e. The van der Waals surface area contributed by atoms with E-state index in [1.54, 1.807) is 18.5 Å². The summed E-state index contributed by atoms with van der Waals surface area (Å²) in [6.45, 7) is 5.71. The Morgan fingerprint density at radius 3 is 1.97 bits per heavy atom. The molecule has 0 aliphatic carbocycles. The summed E-state index contributed by atoms with van der Waals surface area (Å²) in [4.78, 5) is 15.7. The van der Waals surface area contributed by atoms with Crippen LogP contribution in [0.3, 0.4) is 0 Å². The normalized spacial score (nSPS) is 18.6. The van der Waals surface area contributed by atoms with Crippen LogP contribution in [0.1, 0.15) is 0 Å². The minimum atomic E-state index is -3.69. The molecule has 0 unspecified atom stereocenters. The van der Waals surface area contributed by atoms with Crippen LogP contribution in [0.15, 0.2) is 35.5 Å². The molecule has 2 aliphatic rings. The maximum atomic E-state index is 13.2. The highest BCUT2D eigenvalue weighted by Crippen LogP contribution is 2.31. The molecule has 1 aromatic heterocycles. The molecule has 0 amide bonds. The summed E-state index contributed by atoms with van der Waals surface area (Å²) in [6, 6.07) is 6.75. The molecule has 0 radical (unpaired) electrons. The average molecular weight is 463 g/mol. The molecule has 1 aromatic carbocycles.